The van der Waals surface area contributed by atoms with Crippen molar-refractivity contribution in [2.45, 2.75) is 0 Å². The van der Waals surface area contributed by atoms with Crippen molar-refractivity contribution in [1.82, 2.24) is 9.55 Å². The third kappa shape index (κ3) is 0.928. The Morgan fingerprint density at radius 1 is 1.80 bits per heavy atom. The van der Waals surface area contributed by atoms with Crippen molar-refractivity contribution in [2.75, 3.05) is 0 Å². The molecule has 0 radical (unpaired) electrons. The maximum absolute atomic E-state index is 5.38. The van der Waals surface area contributed by atoms with Crippen LogP contribution >= 0.6 is 0 Å². The summed E-state index contributed by atoms with van der Waals surface area (Å²) in [5.74, 6) is 5.77. The van der Waals surface area contributed by atoms with Gasteiger partial charge in [0.2, 0.25) is 0 Å². The van der Waals surface area contributed by atoms with Gasteiger partial charge in [0.05, 0.1) is 0 Å². The first kappa shape index (κ1) is 6.60. The van der Waals surface area contributed by atoms with E-state index in [9.17, 15) is 0 Å². The molecule has 0 atom stereocenters. The van der Waals surface area contributed by atoms with E-state index in [1.54, 1.807) is 17.0 Å². The summed E-state index contributed by atoms with van der Waals surface area (Å²) in [6, 6.07) is 0. The summed E-state index contributed by atoms with van der Waals surface area (Å²) in [7, 11) is 1.82. The molecule has 4 N–H and O–H groups in total. The van der Waals surface area contributed by atoms with Gasteiger partial charge in [0.15, 0.2) is 11.7 Å². The van der Waals surface area contributed by atoms with Crippen LogP contribution in [0.15, 0.2) is 17.5 Å². The first-order valence-corrected chi connectivity index (χ1v) is 2.76. The lowest BCUT2D eigenvalue weighted by molar-refractivity contribution is 0.892. The van der Waals surface area contributed by atoms with E-state index < -0.39 is 0 Å². The number of aryl methyl sites for hydroxylation is 1. The van der Waals surface area contributed by atoms with Crippen LogP contribution in [0.3, 0.4) is 0 Å². The van der Waals surface area contributed by atoms with Crippen molar-refractivity contribution in [3.8, 4) is 0 Å². The van der Waals surface area contributed by atoms with Crippen molar-refractivity contribution in [3.05, 3.63) is 18.2 Å². The van der Waals surface area contributed by atoms with Crippen LogP contribution in [0.1, 0.15) is 5.82 Å². The number of rotatable bonds is 1. The van der Waals surface area contributed by atoms with E-state index in [2.05, 4.69) is 10.1 Å². The van der Waals surface area contributed by atoms with Gasteiger partial charge in [-0.2, -0.15) is 5.10 Å². The van der Waals surface area contributed by atoms with E-state index in [1.165, 1.54) is 0 Å². The molecule has 0 amide bonds. The van der Waals surface area contributed by atoms with Crippen molar-refractivity contribution in [2.24, 2.45) is 23.7 Å². The fourth-order valence-electron chi connectivity index (χ4n) is 0.670. The molecule has 1 rings (SSSR count). The Hall–Kier alpha value is -1.52. The van der Waals surface area contributed by atoms with Gasteiger partial charge in [0, 0.05) is 19.4 Å². The van der Waals surface area contributed by atoms with Crippen molar-refractivity contribution < 1.29 is 0 Å². The maximum atomic E-state index is 5.38. The summed E-state index contributed by atoms with van der Waals surface area (Å²) in [6.07, 6.45) is 3.40. The molecule has 1 heterocycles. The summed E-state index contributed by atoms with van der Waals surface area (Å²) in [6.45, 7) is 0. The van der Waals surface area contributed by atoms with Crippen molar-refractivity contribution in [3.63, 3.8) is 0 Å². The Morgan fingerprint density at radius 2 is 2.50 bits per heavy atom. The van der Waals surface area contributed by atoms with Gasteiger partial charge in [0.25, 0.3) is 0 Å². The molecule has 0 fully saturated rings. The van der Waals surface area contributed by atoms with Gasteiger partial charge in [-0.1, -0.05) is 0 Å². The maximum Gasteiger partial charge on any atom is 0.186 e. The fourth-order valence-corrected chi connectivity index (χ4v) is 0.670. The highest BCUT2D eigenvalue weighted by atomic mass is 15.2. The lowest BCUT2D eigenvalue weighted by Gasteiger charge is -1.96. The number of nitrogens with zero attached hydrogens (tertiary/aromatic N) is 3. The molecule has 5 heteroatoms. The van der Waals surface area contributed by atoms with Crippen LogP contribution in [0.4, 0.5) is 0 Å². The fraction of sp³-hybridized carbons (Fsp3) is 0.200. The molecule has 0 saturated heterocycles. The molecule has 0 bridgehead atoms. The number of hydrogen-bond acceptors (Lipinski definition) is 3. The van der Waals surface area contributed by atoms with E-state index in [4.69, 9.17) is 11.6 Å². The van der Waals surface area contributed by atoms with E-state index in [1.807, 2.05) is 7.05 Å². The predicted molar refractivity (Wildman–Crippen MR) is 38.1 cm³/mol. The number of imidazole rings is 1. The molecule has 10 heavy (non-hydrogen) atoms. The molecule has 0 spiro atoms. The Bertz CT molecular complexity index is 248. The van der Waals surface area contributed by atoms with Gasteiger partial charge >= 0.3 is 0 Å². The molecule has 0 unspecified atom stereocenters. The van der Waals surface area contributed by atoms with Gasteiger partial charge in [0.1, 0.15) is 0 Å². The van der Waals surface area contributed by atoms with Crippen LogP contribution in [0.2, 0.25) is 0 Å². The minimum Gasteiger partial charge on any atom is -0.379 e. The Balaban J connectivity index is 3.05. The number of hydrogen-bond donors (Lipinski definition) is 2. The van der Waals surface area contributed by atoms with E-state index in [0.29, 0.717) is 5.82 Å². The molecule has 1 aromatic rings. The summed E-state index contributed by atoms with van der Waals surface area (Å²) in [4.78, 5) is 3.91. The minimum absolute atomic E-state index is 0.243. The monoisotopic (exact) mass is 139 g/mol. The number of hydrazone groups is 1. The van der Waals surface area contributed by atoms with Crippen LogP contribution in [0.5, 0.6) is 0 Å². The third-order valence-corrected chi connectivity index (χ3v) is 1.19. The van der Waals surface area contributed by atoms with E-state index in [0.717, 1.165) is 0 Å². The molecular formula is C5H9N5. The van der Waals surface area contributed by atoms with Crippen LogP contribution < -0.4 is 11.6 Å². The molecule has 5 nitrogen and oxygen atoms in total. The highest BCUT2D eigenvalue weighted by molar-refractivity contribution is 5.93. The Kier molecular flexibility index (Phi) is 1.57. The summed E-state index contributed by atoms with van der Waals surface area (Å²) < 4.78 is 1.74. The van der Waals surface area contributed by atoms with E-state index >= 15 is 0 Å². The molecule has 0 aliphatic rings. The number of amidine groups is 1. The zero-order chi connectivity index (χ0) is 7.56. The molecule has 0 aliphatic heterocycles. The molecule has 0 saturated carbocycles. The van der Waals surface area contributed by atoms with E-state index in [-0.39, 0.29) is 5.84 Å². The average molecular weight is 139 g/mol. The lowest BCUT2D eigenvalue weighted by Crippen LogP contribution is -2.19. The SMILES string of the molecule is Cn1ccnc1/C(N)=N/N. The minimum atomic E-state index is 0.243. The van der Waals surface area contributed by atoms with Gasteiger partial charge in [-0.25, -0.2) is 4.98 Å². The summed E-state index contributed by atoms with van der Waals surface area (Å²) in [5.41, 5.74) is 5.38. The predicted octanol–water partition coefficient (Wildman–Crippen LogP) is -1.00. The average Bonchev–Trinajstić information content (AvgIpc) is 2.34. The normalized spacial score (nSPS) is 11.9. The largest absolute Gasteiger partial charge is 0.379 e. The van der Waals surface area contributed by atoms with Gasteiger partial charge in [-0.3, -0.25) is 0 Å². The number of aromatic nitrogens is 2. The van der Waals surface area contributed by atoms with Crippen LogP contribution in [-0.4, -0.2) is 15.4 Å². The summed E-state index contributed by atoms with van der Waals surface area (Å²) >= 11 is 0. The molecule has 0 aromatic carbocycles. The van der Waals surface area contributed by atoms with Crippen LogP contribution in [-0.2, 0) is 7.05 Å². The molecular weight excluding hydrogens is 130 g/mol. The second-order valence-electron chi connectivity index (χ2n) is 1.88. The lowest BCUT2D eigenvalue weighted by atomic mass is 10.5. The molecule has 1 aromatic heterocycles. The van der Waals surface area contributed by atoms with Crippen molar-refractivity contribution >= 4 is 5.84 Å². The zero-order valence-corrected chi connectivity index (χ0v) is 5.65. The van der Waals surface area contributed by atoms with Crippen LogP contribution in [0, 0.1) is 0 Å². The standard InChI is InChI=1S/C5H9N5/c1-10-3-2-8-5(10)4(6)9-7/h2-3H,7H2,1H3,(H2,6,9). The molecule has 0 aliphatic carbocycles. The van der Waals surface area contributed by atoms with Gasteiger partial charge in [-0.05, 0) is 0 Å². The van der Waals surface area contributed by atoms with Gasteiger partial charge < -0.3 is 16.1 Å². The Labute approximate surface area is 58.3 Å². The first-order chi connectivity index (χ1) is 4.75. The zero-order valence-electron chi connectivity index (χ0n) is 5.65. The summed E-state index contributed by atoms with van der Waals surface area (Å²) in [5, 5.41) is 3.30. The quantitative estimate of drug-likeness (QED) is 0.226. The third-order valence-electron chi connectivity index (χ3n) is 1.19. The second-order valence-corrected chi connectivity index (χ2v) is 1.88. The van der Waals surface area contributed by atoms with Crippen LogP contribution in [0.25, 0.3) is 0 Å². The smallest absolute Gasteiger partial charge is 0.186 e. The highest BCUT2D eigenvalue weighted by Gasteiger charge is 2.01. The van der Waals surface area contributed by atoms with Crippen molar-refractivity contribution in [1.29, 1.82) is 0 Å². The topological polar surface area (TPSA) is 82.2 Å². The number of nitrogens with two attached hydrogens (primary N) is 2. The highest BCUT2D eigenvalue weighted by Crippen LogP contribution is 1.91. The molecule has 54 valence electrons. The second kappa shape index (κ2) is 2.38. The Morgan fingerprint density at radius 3 is 2.90 bits per heavy atom. The first-order valence-electron chi connectivity index (χ1n) is 2.76. The van der Waals surface area contributed by atoms with Gasteiger partial charge in [-0.15, -0.1) is 0 Å².